The Bertz CT molecular complexity index is 750. The summed E-state index contributed by atoms with van der Waals surface area (Å²) in [6, 6.07) is 9.96. The molecule has 0 bridgehead atoms. The fraction of sp³-hybridized carbons (Fsp3) is 0.0667. The Morgan fingerprint density at radius 2 is 1.85 bits per heavy atom. The van der Waals surface area contributed by atoms with Gasteiger partial charge in [-0.2, -0.15) is 5.10 Å². The lowest BCUT2D eigenvalue weighted by Gasteiger charge is -2.07. The molecule has 1 aromatic carbocycles. The van der Waals surface area contributed by atoms with Crippen molar-refractivity contribution in [2.24, 2.45) is 7.05 Å². The summed E-state index contributed by atoms with van der Waals surface area (Å²) in [7, 11) is 7.81. The molecule has 0 aliphatic carbocycles. The molecule has 0 aliphatic heterocycles. The van der Waals surface area contributed by atoms with E-state index in [2.05, 4.69) is 10.1 Å². The topological polar surface area (TPSA) is 30.7 Å². The molecule has 3 nitrogen and oxygen atoms in total. The van der Waals surface area contributed by atoms with Crippen LogP contribution >= 0.6 is 0 Å². The van der Waals surface area contributed by atoms with Crippen molar-refractivity contribution < 1.29 is 4.39 Å². The van der Waals surface area contributed by atoms with Crippen LogP contribution in [0.25, 0.3) is 22.5 Å². The first-order chi connectivity index (χ1) is 9.63. The summed E-state index contributed by atoms with van der Waals surface area (Å²) in [5, 5.41) is 4.34. The van der Waals surface area contributed by atoms with E-state index in [1.165, 1.54) is 12.1 Å². The number of hydrogen-bond donors (Lipinski definition) is 0. The molecule has 0 aliphatic rings. The highest BCUT2D eigenvalue weighted by Crippen LogP contribution is 2.22. The monoisotopic (exact) mass is 263 g/mol. The van der Waals surface area contributed by atoms with E-state index < -0.39 is 0 Å². The Kier molecular flexibility index (Phi) is 3.10. The second-order valence-electron chi connectivity index (χ2n) is 4.54. The van der Waals surface area contributed by atoms with Gasteiger partial charge < -0.3 is 0 Å². The minimum Gasteiger partial charge on any atom is -0.275 e. The quantitative estimate of drug-likeness (QED) is 0.663. The number of pyridine rings is 1. The third-order valence-electron chi connectivity index (χ3n) is 3.06. The molecule has 3 aromatic rings. The molecule has 2 aromatic heterocycles. The summed E-state index contributed by atoms with van der Waals surface area (Å²) < 4.78 is 14.7. The predicted molar refractivity (Wildman–Crippen MR) is 77.2 cm³/mol. The van der Waals surface area contributed by atoms with Gasteiger partial charge in [0, 0.05) is 25.0 Å². The lowest BCUT2D eigenvalue weighted by atomic mass is 9.90. The summed E-state index contributed by atoms with van der Waals surface area (Å²) in [4.78, 5) is 4.29. The maximum atomic E-state index is 13.0. The molecule has 5 heteroatoms. The highest BCUT2D eigenvalue weighted by molar-refractivity contribution is 6.35. The van der Waals surface area contributed by atoms with Gasteiger partial charge in [-0.15, -0.1) is 0 Å². The van der Waals surface area contributed by atoms with Crippen molar-refractivity contribution in [1.82, 2.24) is 14.8 Å². The van der Waals surface area contributed by atoms with Crippen LogP contribution in [0.4, 0.5) is 4.39 Å². The van der Waals surface area contributed by atoms with Crippen LogP contribution in [0, 0.1) is 5.82 Å². The van der Waals surface area contributed by atoms with Crippen molar-refractivity contribution in [2.75, 3.05) is 0 Å². The molecule has 0 fully saturated rings. The smallest absolute Gasteiger partial charge is 0.123 e. The van der Waals surface area contributed by atoms with E-state index in [0.29, 0.717) is 5.46 Å². The predicted octanol–water partition coefficient (Wildman–Crippen LogP) is 2.08. The Hall–Kier alpha value is -2.43. The van der Waals surface area contributed by atoms with Gasteiger partial charge in [0.05, 0.1) is 11.4 Å². The van der Waals surface area contributed by atoms with Crippen LogP contribution in [-0.4, -0.2) is 22.6 Å². The van der Waals surface area contributed by atoms with Crippen LogP contribution in [0.1, 0.15) is 0 Å². The van der Waals surface area contributed by atoms with Gasteiger partial charge in [-0.05, 0) is 42.0 Å². The lowest BCUT2D eigenvalue weighted by Crippen LogP contribution is -2.09. The first-order valence-corrected chi connectivity index (χ1v) is 6.15. The molecule has 2 radical (unpaired) electrons. The van der Waals surface area contributed by atoms with Crippen molar-refractivity contribution in [1.29, 1.82) is 0 Å². The van der Waals surface area contributed by atoms with Gasteiger partial charge in [0.25, 0.3) is 0 Å². The average Bonchev–Trinajstić information content (AvgIpc) is 2.87. The molecule has 20 heavy (non-hydrogen) atoms. The zero-order valence-corrected chi connectivity index (χ0v) is 10.9. The van der Waals surface area contributed by atoms with Crippen LogP contribution in [0.2, 0.25) is 0 Å². The lowest BCUT2D eigenvalue weighted by molar-refractivity contribution is 0.628. The number of halogens is 1. The normalized spacial score (nSPS) is 10.7. The van der Waals surface area contributed by atoms with Crippen molar-refractivity contribution >= 4 is 13.3 Å². The average molecular weight is 263 g/mol. The first-order valence-electron chi connectivity index (χ1n) is 6.15. The van der Waals surface area contributed by atoms with Crippen LogP contribution in [-0.2, 0) is 7.05 Å². The SMILES string of the molecule is [B]c1cnc(-c2ccc(F)cc2)cc1-c1ccn(C)n1. The second-order valence-corrected chi connectivity index (χ2v) is 4.54. The molecule has 2 heterocycles. The summed E-state index contributed by atoms with van der Waals surface area (Å²) in [6.45, 7) is 0. The van der Waals surface area contributed by atoms with E-state index in [1.54, 1.807) is 23.0 Å². The molecule has 0 N–H and O–H groups in total. The van der Waals surface area contributed by atoms with E-state index >= 15 is 0 Å². The molecule has 0 amide bonds. The highest BCUT2D eigenvalue weighted by Gasteiger charge is 2.08. The van der Waals surface area contributed by atoms with Crippen LogP contribution in [0.15, 0.2) is 48.8 Å². The molecule has 96 valence electrons. The minimum absolute atomic E-state index is 0.269. The summed E-state index contributed by atoms with van der Waals surface area (Å²) >= 11 is 0. The van der Waals surface area contributed by atoms with Crippen LogP contribution < -0.4 is 5.46 Å². The summed E-state index contributed by atoms with van der Waals surface area (Å²) in [5.74, 6) is -0.269. The van der Waals surface area contributed by atoms with E-state index in [-0.39, 0.29) is 5.82 Å². The van der Waals surface area contributed by atoms with Crippen molar-refractivity contribution in [3.63, 3.8) is 0 Å². The minimum atomic E-state index is -0.269. The van der Waals surface area contributed by atoms with E-state index in [0.717, 1.165) is 22.5 Å². The fourth-order valence-electron chi connectivity index (χ4n) is 2.03. The van der Waals surface area contributed by atoms with Gasteiger partial charge in [0.2, 0.25) is 0 Å². The molecule has 0 saturated carbocycles. The van der Waals surface area contributed by atoms with Gasteiger partial charge >= 0.3 is 0 Å². The zero-order chi connectivity index (χ0) is 14.1. The molecular formula is C15H11BFN3. The molecule has 3 rings (SSSR count). The Balaban J connectivity index is 2.08. The van der Waals surface area contributed by atoms with Gasteiger partial charge in [-0.1, -0.05) is 5.46 Å². The fourth-order valence-corrected chi connectivity index (χ4v) is 2.03. The number of aryl methyl sites for hydroxylation is 1. The highest BCUT2D eigenvalue weighted by atomic mass is 19.1. The van der Waals surface area contributed by atoms with E-state index in [4.69, 9.17) is 7.85 Å². The Morgan fingerprint density at radius 1 is 1.10 bits per heavy atom. The Labute approximate surface area is 117 Å². The number of rotatable bonds is 2. The first kappa shape index (κ1) is 12.6. The molecule has 0 spiro atoms. The molecule has 0 atom stereocenters. The maximum Gasteiger partial charge on any atom is 0.123 e. The third kappa shape index (κ3) is 2.34. The van der Waals surface area contributed by atoms with Crippen LogP contribution in [0.3, 0.4) is 0 Å². The maximum absolute atomic E-state index is 13.0. The van der Waals surface area contributed by atoms with Gasteiger partial charge in [0.15, 0.2) is 0 Å². The Morgan fingerprint density at radius 3 is 2.50 bits per heavy atom. The summed E-state index contributed by atoms with van der Waals surface area (Å²) in [6.07, 6.45) is 3.45. The number of nitrogens with zero attached hydrogens (tertiary/aromatic N) is 3. The van der Waals surface area contributed by atoms with E-state index in [9.17, 15) is 4.39 Å². The van der Waals surface area contributed by atoms with Gasteiger partial charge in [0.1, 0.15) is 13.7 Å². The number of hydrogen-bond acceptors (Lipinski definition) is 2. The molecule has 0 saturated heterocycles. The van der Waals surface area contributed by atoms with Crippen molar-refractivity contribution in [2.45, 2.75) is 0 Å². The van der Waals surface area contributed by atoms with Crippen molar-refractivity contribution in [3.05, 3.63) is 54.6 Å². The summed E-state index contributed by atoms with van der Waals surface area (Å²) in [5.41, 5.74) is 3.74. The van der Waals surface area contributed by atoms with Crippen LogP contribution in [0.5, 0.6) is 0 Å². The number of benzene rings is 1. The van der Waals surface area contributed by atoms with Crippen molar-refractivity contribution in [3.8, 4) is 22.5 Å². The molecular weight excluding hydrogens is 252 g/mol. The van der Waals surface area contributed by atoms with Gasteiger partial charge in [-0.3, -0.25) is 9.67 Å². The number of aromatic nitrogens is 3. The zero-order valence-electron chi connectivity index (χ0n) is 10.9. The second kappa shape index (κ2) is 4.92. The largest absolute Gasteiger partial charge is 0.275 e. The standard InChI is InChI=1S/C15H11BFN3/c1-20-7-6-14(19-20)12-8-15(18-9-13(12)16)10-2-4-11(17)5-3-10/h2-9H,1H3. The van der Waals surface area contributed by atoms with Gasteiger partial charge in [-0.25, -0.2) is 4.39 Å². The molecule has 0 unspecified atom stereocenters. The van der Waals surface area contributed by atoms with E-state index in [1.807, 2.05) is 25.4 Å². The third-order valence-corrected chi connectivity index (χ3v) is 3.06.